The van der Waals surface area contributed by atoms with E-state index in [9.17, 15) is 13.2 Å². The summed E-state index contributed by atoms with van der Waals surface area (Å²) >= 11 is 5.94. The molecular weight excluding hydrogens is 265 g/mol. The molecule has 1 N–H and O–H groups in total. The molecule has 18 heavy (non-hydrogen) atoms. The molecule has 0 bridgehead atoms. The van der Waals surface area contributed by atoms with Gasteiger partial charge >= 0.3 is 6.18 Å². The van der Waals surface area contributed by atoms with Crippen LogP contribution in [0.1, 0.15) is 12.0 Å². The van der Waals surface area contributed by atoms with E-state index in [2.05, 4.69) is 5.32 Å². The van der Waals surface area contributed by atoms with Gasteiger partial charge in [0.1, 0.15) is 0 Å². The number of halogens is 4. The van der Waals surface area contributed by atoms with Gasteiger partial charge in [0.15, 0.2) is 0 Å². The molecule has 1 saturated heterocycles. The lowest BCUT2D eigenvalue weighted by molar-refractivity contribution is -0.137. The van der Waals surface area contributed by atoms with Crippen LogP contribution >= 0.6 is 11.6 Å². The predicted octanol–water partition coefficient (Wildman–Crippen LogP) is 3.16. The van der Waals surface area contributed by atoms with Gasteiger partial charge in [-0.05, 0) is 25.6 Å². The largest absolute Gasteiger partial charge is 0.418 e. The maximum atomic E-state index is 13.0. The lowest BCUT2D eigenvalue weighted by atomic mass is 10.1. The lowest BCUT2D eigenvalue weighted by Gasteiger charge is -2.24. The molecule has 0 spiro atoms. The number of rotatable bonds is 2. The van der Waals surface area contributed by atoms with Gasteiger partial charge in [0.05, 0.1) is 16.3 Å². The minimum absolute atomic E-state index is 0.101. The van der Waals surface area contributed by atoms with Gasteiger partial charge < -0.3 is 10.2 Å². The average Bonchev–Trinajstić information content (AvgIpc) is 2.75. The van der Waals surface area contributed by atoms with Crippen molar-refractivity contribution in [2.45, 2.75) is 18.6 Å². The Labute approximate surface area is 109 Å². The highest BCUT2D eigenvalue weighted by molar-refractivity contribution is 6.33. The first-order valence-electron chi connectivity index (χ1n) is 5.71. The molecule has 1 atom stereocenters. The first-order valence-corrected chi connectivity index (χ1v) is 6.09. The van der Waals surface area contributed by atoms with E-state index in [1.165, 1.54) is 12.1 Å². The Hall–Kier alpha value is -0.940. The molecule has 2 nitrogen and oxygen atoms in total. The van der Waals surface area contributed by atoms with Crippen molar-refractivity contribution in [3.8, 4) is 0 Å². The van der Waals surface area contributed by atoms with Crippen molar-refractivity contribution in [1.82, 2.24) is 5.32 Å². The number of nitrogens with one attached hydrogen (secondary N) is 1. The molecule has 0 aromatic heterocycles. The molecule has 0 saturated carbocycles. The summed E-state index contributed by atoms with van der Waals surface area (Å²) in [4.78, 5) is 1.70. The SMILES string of the molecule is CNC1CCN(c2c(Cl)cccc2C(F)(F)F)C1. The second kappa shape index (κ2) is 4.97. The van der Waals surface area contributed by atoms with E-state index in [1.54, 1.807) is 4.90 Å². The third-order valence-corrected chi connectivity index (χ3v) is 3.51. The fourth-order valence-corrected chi connectivity index (χ4v) is 2.56. The number of benzene rings is 1. The van der Waals surface area contributed by atoms with E-state index in [1.807, 2.05) is 7.05 Å². The van der Waals surface area contributed by atoms with Crippen molar-refractivity contribution in [3.05, 3.63) is 28.8 Å². The smallest absolute Gasteiger partial charge is 0.368 e. The van der Waals surface area contributed by atoms with Crippen LogP contribution in [0, 0.1) is 0 Å². The molecule has 1 aromatic carbocycles. The first kappa shape index (κ1) is 13.5. The maximum absolute atomic E-state index is 13.0. The van der Waals surface area contributed by atoms with Crippen LogP contribution in [0.15, 0.2) is 18.2 Å². The molecule has 1 heterocycles. The van der Waals surface area contributed by atoms with Crippen LogP contribution in [-0.2, 0) is 6.18 Å². The van der Waals surface area contributed by atoms with Crippen LogP contribution in [0.25, 0.3) is 0 Å². The van der Waals surface area contributed by atoms with Crippen LogP contribution in [-0.4, -0.2) is 26.2 Å². The van der Waals surface area contributed by atoms with E-state index in [4.69, 9.17) is 11.6 Å². The van der Waals surface area contributed by atoms with Crippen LogP contribution in [0.3, 0.4) is 0 Å². The van der Waals surface area contributed by atoms with Gasteiger partial charge in [0.2, 0.25) is 0 Å². The summed E-state index contributed by atoms with van der Waals surface area (Å²) in [6.45, 7) is 1.13. The summed E-state index contributed by atoms with van der Waals surface area (Å²) in [5.74, 6) is 0. The van der Waals surface area contributed by atoms with Crippen LogP contribution < -0.4 is 10.2 Å². The lowest BCUT2D eigenvalue weighted by Crippen LogP contribution is -2.30. The highest BCUT2D eigenvalue weighted by atomic mass is 35.5. The maximum Gasteiger partial charge on any atom is 0.418 e. The second-order valence-corrected chi connectivity index (χ2v) is 4.76. The van der Waals surface area contributed by atoms with Crippen LogP contribution in [0.4, 0.5) is 18.9 Å². The Morgan fingerprint density at radius 1 is 1.39 bits per heavy atom. The van der Waals surface area contributed by atoms with Gasteiger partial charge in [-0.2, -0.15) is 13.2 Å². The van der Waals surface area contributed by atoms with Crippen molar-refractivity contribution in [2.24, 2.45) is 0 Å². The standard InChI is InChI=1S/C12H14ClF3N2/c1-17-8-5-6-18(7-8)11-9(12(14,15)16)3-2-4-10(11)13/h2-4,8,17H,5-7H2,1H3. The number of alkyl halides is 3. The van der Waals surface area contributed by atoms with E-state index < -0.39 is 11.7 Å². The van der Waals surface area contributed by atoms with Crippen molar-refractivity contribution < 1.29 is 13.2 Å². The van der Waals surface area contributed by atoms with Crippen LogP contribution in [0.5, 0.6) is 0 Å². The third kappa shape index (κ3) is 2.57. The normalized spacial score (nSPS) is 20.5. The van der Waals surface area contributed by atoms with Gasteiger partial charge in [-0.3, -0.25) is 0 Å². The Bertz CT molecular complexity index is 434. The second-order valence-electron chi connectivity index (χ2n) is 4.35. The molecule has 1 unspecified atom stereocenters. The molecule has 2 rings (SSSR count). The monoisotopic (exact) mass is 278 g/mol. The number of anilines is 1. The van der Waals surface area contributed by atoms with E-state index in [-0.39, 0.29) is 16.8 Å². The molecule has 1 aromatic rings. The topological polar surface area (TPSA) is 15.3 Å². The Balaban J connectivity index is 2.38. The summed E-state index contributed by atoms with van der Waals surface area (Å²) in [7, 11) is 1.81. The van der Waals surface area contributed by atoms with Gasteiger partial charge in [-0.1, -0.05) is 17.7 Å². The highest BCUT2D eigenvalue weighted by Gasteiger charge is 2.37. The predicted molar refractivity (Wildman–Crippen MR) is 66.1 cm³/mol. The van der Waals surface area contributed by atoms with Gasteiger partial charge in [-0.25, -0.2) is 0 Å². The van der Waals surface area contributed by atoms with Gasteiger partial charge in [0.25, 0.3) is 0 Å². The van der Waals surface area contributed by atoms with Crippen molar-refractivity contribution >= 4 is 17.3 Å². The number of para-hydroxylation sites is 1. The zero-order chi connectivity index (χ0) is 13.3. The van der Waals surface area contributed by atoms with Gasteiger partial charge in [0, 0.05) is 19.1 Å². The molecule has 0 radical (unpaired) electrons. The zero-order valence-corrected chi connectivity index (χ0v) is 10.6. The molecule has 1 fully saturated rings. The van der Waals surface area contributed by atoms with E-state index >= 15 is 0 Å². The number of hydrogen-bond acceptors (Lipinski definition) is 2. The summed E-state index contributed by atoms with van der Waals surface area (Å²) in [6, 6.07) is 4.12. The van der Waals surface area contributed by atoms with Crippen molar-refractivity contribution in [1.29, 1.82) is 0 Å². The molecule has 1 aliphatic heterocycles. The Morgan fingerprint density at radius 2 is 2.11 bits per heavy atom. The summed E-state index contributed by atoms with van der Waals surface area (Å²) in [6.07, 6.45) is -3.56. The average molecular weight is 279 g/mol. The fraction of sp³-hybridized carbons (Fsp3) is 0.500. The summed E-state index contributed by atoms with van der Waals surface area (Å²) in [5, 5.41) is 3.23. The summed E-state index contributed by atoms with van der Waals surface area (Å²) < 4.78 is 38.9. The van der Waals surface area contributed by atoms with E-state index in [0.717, 1.165) is 12.5 Å². The number of hydrogen-bond donors (Lipinski definition) is 1. The summed E-state index contributed by atoms with van der Waals surface area (Å²) in [5.41, 5.74) is -0.559. The minimum Gasteiger partial charge on any atom is -0.368 e. The van der Waals surface area contributed by atoms with Crippen LogP contribution in [0.2, 0.25) is 5.02 Å². The van der Waals surface area contributed by atoms with Crippen molar-refractivity contribution in [3.63, 3.8) is 0 Å². The molecule has 6 heteroatoms. The number of likely N-dealkylation sites (N-methyl/N-ethyl adjacent to an activating group) is 1. The molecule has 100 valence electrons. The molecular formula is C12H14ClF3N2. The van der Waals surface area contributed by atoms with E-state index in [0.29, 0.717) is 13.1 Å². The Kier molecular flexibility index (Phi) is 3.73. The quantitative estimate of drug-likeness (QED) is 0.894. The first-order chi connectivity index (χ1) is 8.43. The molecule has 1 aliphatic rings. The fourth-order valence-electron chi connectivity index (χ4n) is 2.26. The number of nitrogens with zero attached hydrogens (tertiary/aromatic N) is 1. The van der Waals surface area contributed by atoms with Crippen molar-refractivity contribution in [2.75, 3.05) is 25.0 Å². The minimum atomic E-state index is -4.38. The molecule has 0 aliphatic carbocycles. The zero-order valence-electron chi connectivity index (χ0n) is 9.89. The third-order valence-electron chi connectivity index (χ3n) is 3.20. The Morgan fingerprint density at radius 3 is 2.67 bits per heavy atom. The van der Waals surface area contributed by atoms with Gasteiger partial charge in [-0.15, -0.1) is 0 Å². The highest BCUT2D eigenvalue weighted by Crippen LogP contribution is 2.41. The molecule has 0 amide bonds.